The number of fused-ring (bicyclic) bond motifs is 2. The fourth-order valence-electron chi connectivity index (χ4n) is 10.6. The van der Waals surface area contributed by atoms with E-state index in [-0.39, 0.29) is 33.0 Å². The molecule has 1 N–H and O–H groups in total. The number of rotatable bonds is 13. The summed E-state index contributed by atoms with van der Waals surface area (Å²) in [7, 11) is 8.15. The van der Waals surface area contributed by atoms with Crippen LogP contribution in [-0.2, 0) is 26.4 Å². The molecule has 0 saturated carbocycles. The molecule has 0 saturated heterocycles. The van der Waals surface area contributed by atoms with Gasteiger partial charge in [0.25, 0.3) is 0 Å². The molecule has 8 rings (SSSR count). The Kier molecular flexibility index (Phi) is 13.7. The average Bonchev–Trinajstić information content (AvgIpc) is 3.34. The predicted octanol–water partition coefficient (Wildman–Crippen LogP) is 15.1. The number of hydrogen-bond donors (Lipinski definition) is 1. The number of esters is 1. The molecular weight excluding hydrogens is 877 g/mol. The minimum Gasteiger partial charge on any atom is -0.478 e. The minimum atomic E-state index is -0.995. The van der Waals surface area contributed by atoms with Crippen LogP contribution in [0.5, 0.6) is 0 Å². The van der Waals surface area contributed by atoms with Gasteiger partial charge >= 0.3 is 11.9 Å². The molecule has 0 aliphatic heterocycles. The first-order valence-electron chi connectivity index (χ1n) is 24.9. The highest BCUT2D eigenvalue weighted by atomic mass is 16.5. The molecule has 0 bridgehead atoms. The number of anilines is 2. The van der Waals surface area contributed by atoms with Crippen LogP contribution in [0.15, 0.2) is 133 Å². The summed E-state index contributed by atoms with van der Waals surface area (Å²) in [5.41, 5.74) is 15.0. The van der Waals surface area contributed by atoms with E-state index in [1.165, 1.54) is 22.3 Å². The summed E-state index contributed by atoms with van der Waals surface area (Å²) in [5.74, 6) is -1.57. The van der Waals surface area contributed by atoms with E-state index in [1.54, 1.807) is 42.5 Å². The number of carboxylic acid groups (broad SMARTS) is 1. The molecule has 366 valence electrons. The van der Waals surface area contributed by atoms with Gasteiger partial charge in [0.15, 0.2) is 5.78 Å². The van der Waals surface area contributed by atoms with Crippen LogP contribution in [0.25, 0.3) is 34.4 Å². The van der Waals surface area contributed by atoms with Crippen molar-refractivity contribution in [2.45, 2.75) is 109 Å². The largest absolute Gasteiger partial charge is 0.478 e. The molecule has 1 unspecified atom stereocenters. The Morgan fingerprint density at radius 1 is 0.521 bits per heavy atom. The van der Waals surface area contributed by atoms with Crippen LogP contribution in [-0.4, -0.2) is 51.0 Å². The smallest absolute Gasteiger partial charge is 0.339 e. The van der Waals surface area contributed by atoms with Crippen molar-refractivity contribution in [3.63, 3.8) is 0 Å². The molecule has 71 heavy (non-hydrogen) atoms. The molecule has 0 amide bonds. The maximum Gasteiger partial charge on any atom is 0.339 e. The van der Waals surface area contributed by atoms with Crippen molar-refractivity contribution >= 4 is 41.2 Å². The molecule has 0 radical (unpaired) electrons. The van der Waals surface area contributed by atoms with Gasteiger partial charge in [-0.05, 0) is 187 Å². The second kappa shape index (κ2) is 19.3. The lowest BCUT2D eigenvalue weighted by Crippen LogP contribution is -2.34. The van der Waals surface area contributed by atoms with E-state index >= 15 is 0 Å². The van der Waals surface area contributed by atoms with E-state index in [0.29, 0.717) is 11.1 Å². The van der Waals surface area contributed by atoms with Gasteiger partial charge in [-0.3, -0.25) is 4.79 Å². The van der Waals surface area contributed by atoms with E-state index < -0.39 is 18.0 Å². The monoisotopic (exact) mass is 947 g/mol. The van der Waals surface area contributed by atoms with Crippen LogP contribution < -0.4 is 9.80 Å². The number of carbonyl (C=O) groups excluding carboxylic acids is 2. The van der Waals surface area contributed by atoms with Crippen LogP contribution in [0.2, 0.25) is 0 Å². The molecule has 6 aromatic carbocycles. The number of allylic oxidation sites excluding steroid dienone is 1. The highest BCUT2D eigenvalue weighted by Gasteiger charge is 2.41. The maximum atomic E-state index is 14.3. The van der Waals surface area contributed by atoms with Crippen molar-refractivity contribution in [1.29, 1.82) is 0 Å². The zero-order chi connectivity index (χ0) is 51.2. The van der Waals surface area contributed by atoms with Crippen molar-refractivity contribution in [3.8, 4) is 22.3 Å². The van der Waals surface area contributed by atoms with Crippen LogP contribution in [0, 0.1) is 0 Å². The number of carbonyl (C=O) groups is 3. The average molecular weight is 947 g/mol. The summed E-state index contributed by atoms with van der Waals surface area (Å²) in [5, 5.41) is 9.54. The van der Waals surface area contributed by atoms with Crippen LogP contribution in [0.1, 0.15) is 157 Å². The quantitative estimate of drug-likeness (QED) is 0.0701. The Morgan fingerprint density at radius 3 is 1.44 bits per heavy atom. The van der Waals surface area contributed by atoms with Gasteiger partial charge in [-0.25, -0.2) is 9.59 Å². The van der Waals surface area contributed by atoms with Crippen molar-refractivity contribution in [2.24, 2.45) is 0 Å². The first-order valence-corrected chi connectivity index (χ1v) is 24.9. The topological polar surface area (TPSA) is 87.1 Å². The van der Waals surface area contributed by atoms with Crippen molar-refractivity contribution in [2.75, 3.05) is 38.0 Å². The van der Waals surface area contributed by atoms with E-state index in [2.05, 4.69) is 138 Å². The van der Waals surface area contributed by atoms with Gasteiger partial charge in [0, 0.05) is 45.1 Å². The second-order valence-corrected chi connectivity index (χ2v) is 22.8. The third kappa shape index (κ3) is 10.6. The highest BCUT2D eigenvalue weighted by Crippen LogP contribution is 2.52. The Balaban J connectivity index is 1.12. The summed E-state index contributed by atoms with van der Waals surface area (Å²) < 4.78 is 6.50. The number of benzene rings is 6. The van der Waals surface area contributed by atoms with Crippen LogP contribution >= 0.6 is 0 Å². The second-order valence-electron chi connectivity index (χ2n) is 22.8. The summed E-state index contributed by atoms with van der Waals surface area (Å²) in [4.78, 5) is 44.3. The van der Waals surface area contributed by atoms with Gasteiger partial charge in [-0.2, -0.15) is 0 Å². The highest BCUT2D eigenvalue weighted by molar-refractivity contribution is 6.08. The lowest BCUT2D eigenvalue weighted by molar-refractivity contribution is 0.0392. The zero-order valence-electron chi connectivity index (χ0n) is 43.7. The van der Waals surface area contributed by atoms with Gasteiger partial charge in [-0.1, -0.05) is 122 Å². The van der Waals surface area contributed by atoms with E-state index in [4.69, 9.17) is 4.74 Å². The van der Waals surface area contributed by atoms with Gasteiger partial charge in [-0.15, -0.1) is 0 Å². The van der Waals surface area contributed by atoms with Crippen molar-refractivity contribution in [1.82, 2.24) is 0 Å². The molecular formula is C64H70N2O5. The normalized spacial score (nSPS) is 16.7. The fraction of sp³-hybridized carbons (Fsp3) is 0.328. The summed E-state index contributed by atoms with van der Waals surface area (Å²) in [6.45, 7) is 18.4. The van der Waals surface area contributed by atoms with E-state index in [9.17, 15) is 19.5 Å². The first kappa shape index (κ1) is 50.4. The lowest BCUT2D eigenvalue weighted by atomic mass is 9.61. The molecule has 6 aromatic rings. The Bertz CT molecular complexity index is 3040. The Morgan fingerprint density at radius 2 is 0.958 bits per heavy atom. The van der Waals surface area contributed by atoms with E-state index in [1.807, 2.05) is 58.6 Å². The number of ether oxygens (including phenoxy) is 1. The third-order valence-corrected chi connectivity index (χ3v) is 15.3. The molecule has 2 aliphatic carbocycles. The summed E-state index contributed by atoms with van der Waals surface area (Å²) in [6.07, 6.45) is 10.6. The molecule has 0 heterocycles. The Labute approximate surface area is 421 Å². The number of nitrogens with zero attached hydrogens (tertiary/aromatic N) is 2. The molecule has 0 aromatic heterocycles. The Hall–Kier alpha value is -6.99. The molecule has 1 atom stereocenters. The standard InChI is InChI=1S/C64H70N2O5/c1-61(2)33-35-63(5,6)57-51(43-23-27-49(28-24-43)65(9)10)37-47(39-53(57)61)55(67)31-17-41-15-21-46(22-16-41)60(70)71-56(32-18-42-13-19-45(20-14-42)59(68)69)48-38-52(44-25-29-50(30-26-44)66(11)12)58-54(40-48)62(3,4)34-36-64(58,7)8/h13-32,37-40,56H,33-36H2,1-12H3,(H,68,69)/b31-17+,32-18+. The van der Waals surface area contributed by atoms with E-state index in [0.717, 1.165) is 76.0 Å². The number of aromatic carboxylic acids is 1. The molecule has 2 aliphatic rings. The number of ketones is 1. The lowest BCUT2D eigenvalue weighted by Gasteiger charge is -2.43. The van der Waals surface area contributed by atoms with Crippen LogP contribution in [0.4, 0.5) is 11.4 Å². The van der Waals surface area contributed by atoms with Gasteiger partial charge in [0.2, 0.25) is 0 Å². The van der Waals surface area contributed by atoms with Crippen LogP contribution in [0.3, 0.4) is 0 Å². The third-order valence-electron chi connectivity index (χ3n) is 15.3. The van der Waals surface area contributed by atoms with Crippen molar-refractivity contribution < 1.29 is 24.2 Å². The molecule has 0 spiro atoms. The summed E-state index contributed by atoms with van der Waals surface area (Å²) >= 11 is 0. The zero-order valence-corrected chi connectivity index (χ0v) is 43.7. The SMILES string of the molecule is CN(C)c1ccc(-c2cc(C(=O)/C=C/c3ccc(C(=O)OC(/C=C/c4ccc(C(=O)O)cc4)c4cc(-c5ccc(N(C)C)cc5)c5c(c4)C(C)(C)CCC5(C)C)cc3)cc3c2C(C)(C)CCC3(C)C)cc1. The summed E-state index contributed by atoms with van der Waals surface area (Å²) in [6, 6.07) is 39.6. The molecule has 0 fully saturated rings. The molecule has 7 heteroatoms. The van der Waals surface area contributed by atoms with Gasteiger partial charge in [0.05, 0.1) is 11.1 Å². The first-order chi connectivity index (χ1) is 33.4. The maximum absolute atomic E-state index is 14.3. The molecule has 7 nitrogen and oxygen atoms in total. The minimum absolute atomic E-state index is 0.0524. The van der Waals surface area contributed by atoms with Gasteiger partial charge in [0.1, 0.15) is 6.10 Å². The van der Waals surface area contributed by atoms with Gasteiger partial charge < -0.3 is 19.6 Å². The number of carboxylic acids is 1. The number of hydrogen-bond acceptors (Lipinski definition) is 6. The van der Waals surface area contributed by atoms with Crippen molar-refractivity contribution in [3.05, 3.63) is 189 Å². The predicted molar refractivity (Wildman–Crippen MR) is 293 cm³/mol. The fourth-order valence-corrected chi connectivity index (χ4v) is 10.6.